The van der Waals surface area contributed by atoms with Gasteiger partial charge < -0.3 is 10.5 Å². The zero-order valence-electron chi connectivity index (χ0n) is 11.0. The maximum Gasteiger partial charge on any atom is 0.138 e. The highest BCUT2D eigenvalue weighted by Gasteiger charge is 2.11. The van der Waals surface area contributed by atoms with E-state index in [0.29, 0.717) is 5.56 Å². The molecule has 0 aliphatic heterocycles. The Kier molecular flexibility index (Phi) is 4.85. The van der Waals surface area contributed by atoms with Gasteiger partial charge in [-0.2, -0.15) is 0 Å². The highest BCUT2D eigenvalue weighted by molar-refractivity contribution is 5.46. The molecule has 0 saturated carbocycles. The Bertz CT molecular complexity index is 684. The van der Waals surface area contributed by atoms with Gasteiger partial charge in [0.2, 0.25) is 0 Å². The van der Waals surface area contributed by atoms with Gasteiger partial charge in [0, 0.05) is 6.07 Å². The average Bonchev–Trinajstić information content (AvgIpc) is 2.46. The van der Waals surface area contributed by atoms with E-state index in [-0.39, 0.29) is 24.5 Å². The summed E-state index contributed by atoms with van der Waals surface area (Å²) in [7, 11) is 0. The second-order valence-corrected chi connectivity index (χ2v) is 4.14. The number of hydrogen-bond donors (Lipinski definition) is 1. The fraction of sp³-hybridized carbons (Fsp3) is 0.125. The van der Waals surface area contributed by atoms with Crippen LogP contribution in [0.15, 0.2) is 36.4 Å². The predicted molar refractivity (Wildman–Crippen MR) is 73.0 cm³/mol. The van der Waals surface area contributed by atoms with Gasteiger partial charge in [-0.25, -0.2) is 13.2 Å². The summed E-state index contributed by atoms with van der Waals surface area (Å²) in [6, 6.07) is 7.26. The summed E-state index contributed by atoms with van der Waals surface area (Å²) in [5, 5.41) is 0. The van der Waals surface area contributed by atoms with Gasteiger partial charge in [-0.3, -0.25) is 0 Å². The van der Waals surface area contributed by atoms with E-state index in [2.05, 4.69) is 11.8 Å². The molecule has 2 rings (SSSR count). The van der Waals surface area contributed by atoms with Crippen LogP contribution in [0.4, 0.5) is 13.2 Å². The number of benzene rings is 2. The molecule has 0 bridgehead atoms. The lowest BCUT2D eigenvalue weighted by Gasteiger charge is -2.10. The van der Waals surface area contributed by atoms with Crippen molar-refractivity contribution in [3.8, 4) is 17.6 Å². The molecule has 0 aromatic heterocycles. The van der Waals surface area contributed by atoms with Crippen molar-refractivity contribution in [2.45, 2.75) is 6.61 Å². The van der Waals surface area contributed by atoms with Crippen molar-refractivity contribution in [1.29, 1.82) is 0 Å². The van der Waals surface area contributed by atoms with Gasteiger partial charge in [0.1, 0.15) is 29.8 Å². The van der Waals surface area contributed by atoms with E-state index < -0.39 is 17.5 Å². The predicted octanol–water partition coefficient (Wildman–Crippen LogP) is 2.99. The molecule has 2 N–H and O–H groups in total. The summed E-state index contributed by atoms with van der Waals surface area (Å²) in [4.78, 5) is 0. The van der Waals surface area contributed by atoms with Gasteiger partial charge in [0.15, 0.2) is 0 Å². The zero-order chi connectivity index (χ0) is 15.2. The molecule has 5 heteroatoms. The third-order valence-electron chi connectivity index (χ3n) is 2.70. The number of halogens is 3. The van der Waals surface area contributed by atoms with Gasteiger partial charge in [0.05, 0.1) is 17.7 Å². The lowest BCUT2D eigenvalue weighted by molar-refractivity contribution is 0.290. The number of ether oxygens (including phenoxy) is 1. The standard InChI is InChI=1S/C16H12F3NO/c17-12-7-6-11(3-2-8-20)16(9-12)21-10-13-14(18)4-1-5-15(13)19/h1,4-7,9H,8,10,20H2. The SMILES string of the molecule is NCC#Cc1ccc(F)cc1OCc1c(F)cccc1F. The molecule has 0 radical (unpaired) electrons. The third kappa shape index (κ3) is 3.77. The van der Waals surface area contributed by atoms with Gasteiger partial charge in [0.25, 0.3) is 0 Å². The van der Waals surface area contributed by atoms with E-state index in [1.54, 1.807) is 0 Å². The van der Waals surface area contributed by atoms with Gasteiger partial charge >= 0.3 is 0 Å². The van der Waals surface area contributed by atoms with E-state index in [1.807, 2.05) is 0 Å². The first-order chi connectivity index (χ1) is 10.1. The first kappa shape index (κ1) is 14.9. The fourth-order valence-electron chi connectivity index (χ4n) is 1.69. The summed E-state index contributed by atoms with van der Waals surface area (Å²) in [5.74, 6) is 3.46. The van der Waals surface area contributed by atoms with E-state index in [9.17, 15) is 13.2 Å². The second kappa shape index (κ2) is 6.82. The number of rotatable bonds is 3. The molecule has 108 valence electrons. The normalized spacial score (nSPS) is 9.90. The number of hydrogen-bond acceptors (Lipinski definition) is 2. The molecule has 0 aliphatic rings. The van der Waals surface area contributed by atoms with Crippen LogP contribution in [0, 0.1) is 29.3 Å². The Balaban J connectivity index is 2.25. The molecule has 0 fully saturated rings. The molecule has 0 aliphatic carbocycles. The van der Waals surface area contributed by atoms with Crippen LogP contribution in [0.2, 0.25) is 0 Å². The van der Waals surface area contributed by atoms with E-state index in [0.717, 1.165) is 18.2 Å². The smallest absolute Gasteiger partial charge is 0.138 e. The van der Waals surface area contributed by atoms with Crippen LogP contribution in [0.25, 0.3) is 0 Å². The molecule has 0 saturated heterocycles. The topological polar surface area (TPSA) is 35.2 Å². The first-order valence-corrected chi connectivity index (χ1v) is 6.16. The van der Waals surface area contributed by atoms with Crippen LogP contribution in [-0.2, 0) is 6.61 Å². The first-order valence-electron chi connectivity index (χ1n) is 6.16. The van der Waals surface area contributed by atoms with Gasteiger partial charge in [-0.15, -0.1) is 0 Å². The molecule has 21 heavy (non-hydrogen) atoms. The fourth-order valence-corrected chi connectivity index (χ4v) is 1.69. The minimum absolute atomic E-state index is 0.110. The Labute approximate surface area is 120 Å². The van der Waals surface area contributed by atoms with Crippen LogP contribution in [0.3, 0.4) is 0 Å². The van der Waals surface area contributed by atoms with Crippen molar-refractivity contribution in [3.63, 3.8) is 0 Å². The quantitative estimate of drug-likeness (QED) is 0.882. The Morgan fingerprint density at radius 1 is 1.05 bits per heavy atom. The molecular formula is C16H12F3NO. The molecule has 2 nitrogen and oxygen atoms in total. The summed E-state index contributed by atoms with van der Waals surface area (Å²) < 4.78 is 45.5. The molecule has 2 aromatic carbocycles. The summed E-state index contributed by atoms with van der Waals surface area (Å²) >= 11 is 0. The molecule has 0 unspecified atom stereocenters. The van der Waals surface area contributed by atoms with Crippen molar-refractivity contribution < 1.29 is 17.9 Å². The van der Waals surface area contributed by atoms with Crippen LogP contribution >= 0.6 is 0 Å². The van der Waals surface area contributed by atoms with Crippen molar-refractivity contribution in [2.24, 2.45) is 5.73 Å². The van der Waals surface area contributed by atoms with Crippen LogP contribution < -0.4 is 10.5 Å². The largest absolute Gasteiger partial charge is 0.487 e. The molecule has 0 spiro atoms. The monoisotopic (exact) mass is 291 g/mol. The van der Waals surface area contributed by atoms with Crippen molar-refractivity contribution in [3.05, 3.63) is 65.0 Å². The maximum atomic E-state index is 13.5. The van der Waals surface area contributed by atoms with Crippen LogP contribution in [-0.4, -0.2) is 6.54 Å². The summed E-state index contributed by atoms with van der Waals surface area (Å²) in [6.45, 7) is -0.224. The second-order valence-electron chi connectivity index (χ2n) is 4.14. The Morgan fingerprint density at radius 3 is 2.43 bits per heavy atom. The van der Waals surface area contributed by atoms with E-state index in [1.165, 1.54) is 18.2 Å². The maximum absolute atomic E-state index is 13.5. The van der Waals surface area contributed by atoms with Crippen LogP contribution in [0.1, 0.15) is 11.1 Å². The highest BCUT2D eigenvalue weighted by atomic mass is 19.1. The lowest BCUT2D eigenvalue weighted by atomic mass is 10.2. The van der Waals surface area contributed by atoms with Crippen molar-refractivity contribution in [2.75, 3.05) is 6.54 Å². The third-order valence-corrected chi connectivity index (χ3v) is 2.70. The van der Waals surface area contributed by atoms with Crippen LogP contribution in [0.5, 0.6) is 5.75 Å². The minimum atomic E-state index is -0.721. The average molecular weight is 291 g/mol. The van der Waals surface area contributed by atoms with E-state index >= 15 is 0 Å². The summed E-state index contributed by atoms with van der Waals surface area (Å²) in [6.07, 6.45) is 0. The minimum Gasteiger partial charge on any atom is -0.487 e. The van der Waals surface area contributed by atoms with Crippen molar-refractivity contribution >= 4 is 0 Å². The van der Waals surface area contributed by atoms with Gasteiger partial charge in [-0.05, 0) is 24.3 Å². The molecular weight excluding hydrogens is 279 g/mol. The number of nitrogens with two attached hydrogens (primary N) is 1. The van der Waals surface area contributed by atoms with Crippen molar-refractivity contribution in [1.82, 2.24) is 0 Å². The zero-order valence-corrected chi connectivity index (χ0v) is 11.0. The van der Waals surface area contributed by atoms with E-state index in [4.69, 9.17) is 10.5 Å². The Hall–Kier alpha value is -2.45. The van der Waals surface area contributed by atoms with Gasteiger partial charge in [-0.1, -0.05) is 17.9 Å². The Morgan fingerprint density at radius 2 is 1.76 bits per heavy atom. The molecule has 0 amide bonds. The molecule has 0 heterocycles. The lowest BCUT2D eigenvalue weighted by Crippen LogP contribution is -2.03. The highest BCUT2D eigenvalue weighted by Crippen LogP contribution is 2.22. The molecule has 0 atom stereocenters. The molecule has 2 aromatic rings. The summed E-state index contributed by atoms with van der Waals surface area (Å²) in [5.41, 5.74) is 5.45.